The molecule has 2 amide bonds. The first-order valence-electron chi connectivity index (χ1n) is 6.53. The average Bonchev–Trinajstić information content (AvgIpc) is 2.44. The van der Waals surface area contributed by atoms with Crippen LogP contribution in [0.15, 0.2) is 22.7 Å². The number of nitrogens with zero attached hydrogens (tertiary/aromatic N) is 1. The van der Waals surface area contributed by atoms with Crippen LogP contribution in [0.2, 0.25) is 0 Å². The maximum Gasteiger partial charge on any atom is 0.321 e. The van der Waals surface area contributed by atoms with Crippen LogP contribution >= 0.6 is 15.9 Å². The predicted molar refractivity (Wildman–Crippen MR) is 79.8 cm³/mol. The smallest absolute Gasteiger partial charge is 0.321 e. The summed E-state index contributed by atoms with van der Waals surface area (Å²) in [5, 5.41) is 11.9. The highest BCUT2D eigenvalue weighted by molar-refractivity contribution is 9.10. The van der Waals surface area contributed by atoms with Gasteiger partial charge in [0.25, 0.3) is 0 Å². The monoisotopic (exact) mass is 340 g/mol. The number of benzene rings is 1. The Morgan fingerprint density at radius 1 is 1.45 bits per heavy atom. The summed E-state index contributed by atoms with van der Waals surface area (Å²) in [5.74, 6) is -1.30. The topological polar surface area (TPSA) is 69.6 Å². The summed E-state index contributed by atoms with van der Waals surface area (Å²) < 4.78 is 0.847. The molecule has 1 saturated heterocycles. The molecule has 1 aromatic rings. The van der Waals surface area contributed by atoms with Crippen molar-refractivity contribution in [2.75, 3.05) is 18.4 Å². The maximum atomic E-state index is 12.2. The SMILES string of the molecule is Cc1cccc(NC(=O)N2CCC[C@H](C(=O)O)C2)c1Br. The first-order valence-corrected chi connectivity index (χ1v) is 7.32. The lowest BCUT2D eigenvalue weighted by Gasteiger charge is -2.30. The molecule has 1 atom stereocenters. The van der Waals surface area contributed by atoms with E-state index in [1.165, 1.54) is 0 Å². The number of aryl methyl sites for hydroxylation is 1. The molecule has 0 aliphatic carbocycles. The van der Waals surface area contributed by atoms with Crippen molar-refractivity contribution in [3.05, 3.63) is 28.2 Å². The molecule has 2 N–H and O–H groups in total. The van der Waals surface area contributed by atoms with Gasteiger partial charge in [-0.15, -0.1) is 0 Å². The molecule has 5 nitrogen and oxygen atoms in total. The third-order valence-corrected chi connectivity index (χ3v) is 4.54. The third-order valence-electron chi connectivity index (χ3n) is 3.49. The Balaban J connectivity index is 2.04. The molecule has 1 fully saturated rings. The van der Waals surface area contributed by atoms with E-state index in [-0.39, 0.29) is 12.6 Å². The molecule has 0 unspecified atom stereocenters. The molecule has 0 radical (unpaired) electrons. The molecule has 108 valence electrons. The number of amides is 2. The van der Waals surface area contributed by atoms with Crippen molar-refractivity contribution in [3.63, 3.8) is 0 Å². The fourth-order valence-corrected chi connectivity index (χ4v) is 2.66. The Morgan fingerprint density at radius 3 is 2.90 bits per heavy atom. The van der Waals surface area contributed by atoms with E-state index in [0.29, 0.717) is 18.7 Å². The molecule has 0 bridgehead atoms. The number of halogens is 1. The van der Waals surface area contributed by atoms with Gasteiger partial charge in [-0.1, -0.05) is 12.1 Å². The Morgan fingerprint density at radius 2 is 2.20 bits per heavy atom. The second-order valence-corrected chi connectivity index (χ2v) is 5.78. The quantitative estimate of drug-likeness (QED) is 0.869. The summed E-state index contributed by atoms with van der Waals surface area (Å²) in [6, 6.07) is 5.38. The fraction of sp³-hybridized carbons (Fsp3) is 0.429. The van der Waals surface area contributed by atoms with Gasteiger partial charge in [-0.3, -0.25) is 4.79 Å². The lowest BCUT2D eigenvalue weighted by Crippen LogP contribution is -2.44. The summed E-state index contributed by atoms with van der Waals surface area (Å²) in [6.45, 7) is 2.81. The van der Waals surface area contributed by atoms with Gasteiger partial charge in [0, 0.05) is 17.6 Å². The Kier molecular flexibility index (Phi) is 4.65. The van der Waals surface area contributed by atoms with Crippen LogP contribution in [0.5, 0.6) is 0 Å². The lowest BCUT2D eigenvalue weighted by atomic mass is 9.99. The van der Waals surface area contributed by atoms with Gasteiger partial charge >= 0.3 is 12.0 Å². The average molecular weight is 341 g/mol. The van der Waals surface area contributed by atoms with E-state index in [1.54, 1.807) is 4.90 Å². The largest absolute Gasteiger partial charge is 0.481 e. The van der Waals surface area contributed by atoms with Crippen LogP contribution in [0.4, 0.5) is 10.5 Å². The number of rotatable bonds is 2. The van der Waals surface area contributed by atoms with Crippen molar-refractivity contribution in [2.45, 2.75) is 19.8 Å². The van der Waals surface area contributed by atoms with Gasteiger partial charge in [-0.25, -0.2) is 4.79 Å². The zero-order valence-electron chi connectivity index (χ0n) is 11.2. The number of anilines is 1. The van der Waals surface area contributed by atoms with Gasteiger partial charge in [0.05, 0.1) is 11.6 Å². The van der Waals surface area contributed by atoms with Crippen molar-refractivity contribution in [1.82, 2.24) is 4.90 Å². The second-order valence-electron chi connectivity index (χ2n) is 4.99. The standard InChI is InChI=1S/C14H17BrN2O3/c1-9-4-2-6-11(12(9)15)16-14(20)17-7-3-5-10(8-17)13(18)19/h2,4,6,10H,3,5,7-8H2,1H3,(H,16,20)(H,18,19)/t10-/m0/s1. The van der Waals surface area contributed by atoms with Crippen molar-refractivity contribution >= 4 is 33.6 Å². The van der Waals surface area contributed by atoms with Crippen LogP contribution in [0.1, 0.15) is 18.4 Å². The highest BCUT2D eigenvalue weighted by Crippen LogP contribution is 2.26. The van der Waals surface area contributed by atoms with E-state index in [4.69, 9.17) is 5.11 Å². The Labute approximate surface area is 126 Å². The van der Waals surface area contributed by atoms with E-state index in [9.17, 15) is 9.59 Å². The number of hydrogen-bond acceptors (Lipinski definition) is 2. The number of hydrogen-bond donors (Lipinski definition) is 2. The molecule has 1 aliphatic rings. The molecule has 1 aromatic carbocycles. The number of piperidine rings is 1. The number of aliphatic carboxylic acids is 1. The molecule has 0 saturated carbocycles. The molecular formula is C14H17BrN2O3. The second kappa shape index (κ2) is 6.26. The number of carbonyl (C=O) groups excluding carboxylic acids is 1. The van der Waals surface area contributed by atoms with Gasteiger partial charge in [-0.2, -0.15) is 0 Å². The van der Waals surface area contributed by atoms with Crippen molar-refractivity contribution in [1.29, 1.82) is 0 Å². The Hall–Kier alpha value is -1.56. The van der Waals surface area contributed by atoms with Gasteiger partial charge in [0.15, 0.2) is 0 Å². The first-order chi connectivity index (χ1) is 9.49. The molecule has 2 rings (SSSR count). The van der Waals surface area contributed by atoms with E-state index in [1.807, 2.05) is 25.1 Å². The minimum Gasteiger partial charge on any atom is -0.481 e. The minimum absolute atomic E-state index is 0.248. The summed E-state index contributed by atoms with van der Waals surface area (Å²) in [4.78, 5) is 24.8. The summed E-state index contributed by atoms with van der Waals surface area (Å²) in [7, 11) is 0. The van der Waals surface area contributed by atoms with Gasteiger partial charge in [-0.05, 0) is 47.3 Å². The van der Waals surface area contributed by atoms with Gasteiger partial charge < -0.3 is 15.3 Å². The van der Waals surface area contributed by atoms with E-state index in [2.05, 4.69) is 21.2 Å². The van der Waals surface area contributed by atoms with Crippen LogP contribution in [-0.4, -0.2) is 35.1 Å². The predicted octanol–water partition coefficient (Wildman–Crippen LogP) is 3.09. The summed E-state index contributed by atoms with van der Waals surface area (Å²) in [5.41, 5.74) is 1.73. The van der Waals surface area contributed by atoms with E-state index in [0.717, 1.165) is 16.5 Å². The number of nitrogens with one attached hydrogen (secondary N) is 1. The molecule has 1 aliphatic heterocycles. The zero-order chi connectivity index (χ0) is 14.7. The highest BCUT2D eigenvalue weighted by atomic mass is 79.9. The molecule has 0 aromatic heterocycles. The van der Waals surface area contributed by atoms with Crippen LogP contribution in [0.25, 0.3) is 0 Å². The number of likely N-dealkylation sites (tertiary alicyclic amines) is 1. The number of urea groups is 1. The normalized spacial score (nSPS) is 18.7. The fourth-order valence-electron chi connectivity index (χ4n) is 2.30. The van der Waals surface area contributed by atoms with Crippen LogP contribution < -0.4 is 5.32 Å². The van der Waals surface area contributed by atoms with Crippen LogP contribution in [-0.2, 0) is 4.79 Å². The van der Waals surface area contributed by atoms with Crippen molar-refractivity contribution < 1.29 is 14.7 Å². The molecule has 20 heavy (non-hydrogen) atoms. The molecule has 1 heterocycles. The van der Waals surface area contributed by atoms with E-state index >= 15 is 0 Å². The molecular weight excluding hydrogens is 324 g/mol. The van der Waals surface area contributed by atoms with Crippen molar-refractivity contribution in [2.24, 2.45) is 5.92 Å². The first kappa shape index (κ1) is 14.8. The number of carboxylic acids is 1. The number of carbonyl (C=O) groups is 2. The zero-order valence-corrected chi connectivity index (χ0v) is 12.8. The Bertz CT molecular complexity index is 533. The van der Waals surface area contributed by atoms with Crippen molar-refractivity contribution in [3.8, 4) is 0 Å². The summed E-state index contributed by atoms with van der Waals surface area (Å²) in [6.07, 6.45) is 1.35. The maximum absolute atomic E-state index is 12.2. The van der Waals surface area contributed by atoms with Gasteiger partial charge in [0.2, 0.25) is 0 Å². The van der Waals surface area contributed by atoms with E-state index < -0.39 is 11.9 Å². The lowest BCUT2D eigenvalue weighted by molar-refractivity contribution is -0.143. The summed E-state index contributed by atoms with van der Waals surface area (Å²) >= 11 is 3.44. The minimum atomic E-state index is -0.834. The molecule has 0 spiro atoms. The van der Waals surface area contributed by atoms with Gasteiger partial charge in [0.1, 0.15) is 0 Å². The van der Waals surface area contributed by atoms with Crippen LogP contribution in [0, 0.1) is 12.8 Å². The molecule has 6 heteroatoms. The number of carboxylic acid groups (broad SMARTS) is 1. The highest BCUT2D eigenvalue weighted by Gasteiger charge is 2.28. The van der Waals surface area contributed by atoms with Crippen LogP contribution in [0.3, 0.4) is 0 Å². The third kappa shape index (κ3) is 3.30.